The normalized spacial score (nSPS) is 10.2. The third-order valence-corrected chi connectivity index (χ3v) is 3.93. The smallest absolute Gasteiger partial charge is 0.255 e. The molecule has 7 nitrogen and oxygen atoms in total. The van der Waals surface area contributed by atoms with E-state index >= 15 is 0 Å². The van der Waals surface area contributed by atoms with Crippen LogP contribution < -0.4 is 16.0 Å². The minimum absolute atomic E-state index is 0.338. The van der Waals surface area contributed by atoms with Crippen molar-refractivity contribution in [2.45, 2.75) is 0 Å². The van der Waals surface area contributed by atoms with Gasteiger partial charge < -0.3 is 16.0 Å². The van der Waals surface area contributed by atoms with Gasteiger partial charge in [-0.1, -0.05) is 6.07 Å². The largest absolute Gasteiger partial charge is 0.343 e. The van der Waals surface area contributed by atoms with Crippen LogP contribution in [0, 0.1) is 11.6 Å². The van der Waals surface area contributed by atoms with Gasteiger partial charge in [-0.2, -0.15) is 0 Å². The third-order valence-electron chi connectivity index (χ3n) is 3.93. The number of carbonyl (C=O) groups excluding carboxylic acids is 3. The summed E-state index contributed by atoms with van der Waals surface area (Å²) in [5.41, 5.74) is 0.891. The Labute approximate surface area is 170 Å². The van der Waals surface area contributed by atoms with E-state index < -0.39 is 30.0 Å². The molecule has 0 aliphatic heterocycles. The van der Waals surface area contributed by atoms with E-state index in [4.69, 9.17) is 0 Å². The number of benzene rings is 2. The number of carbonyl (C=O) groups is 3. The van der Waals surface area contributed by atoms with Crippen molar-refractivity contribution in [3.05, 3.63) is 89.8 Å². The highest BCUT2D eigenvalue weighted by atomic mass is 19.1. The molecule has 0 radical (unpaired) electrons. The number of hydrogen-bond donors (Lipinski definition) is 3. The van der Waals surface area contributed by atoms with E-state index in [1.165, 1.54) is 12.4 Å². The van der Waals surface area contributed by atoms with Crippen LogP contribution in [0.5, 0.6) is 0 Å². The van der Waals surface area contributed by atoms with E-state index in [1.807, 2.05) is 0 Å². The van der Waals surface area contributed by atoms with Gasteiger partial charge in [0.1, 0.15) is 11.6 Å². The lowest BCUT2D eigenvalue weighted by Crippen LogP contribution is -2.33. The molecule has 0 aliphatic rings. The first-order valence-corrected chi connectivity index (χ1v) is 8.77. The minimum atomic E-state index is -1.02. The van der Waals surface area contributed by atoms with Crippen molar-refractivity contribution < 1.29 is 23.2 Å². The van der Waals surface area contributed by atoms with Crippen molar-refractivity contribution in [1.82, 2.24) is 10.3 Å². The highest BCUT2D eigenvalue weighted by molar-refractivity contribution is 6.04. The fourth-order valence-corrected chi connectivity index (χ4v) is 2.52. The van der Waals surface area contributed by atoms with E-state index in [0.717, 1.165) is 12.1 Å². The number of anilines is 2. The molecule has 3 aromatic rings. The molecule has 30 heavy (non-hydrogen) atoms. The van der Waals surface area contributed by atoms with E-state index in [1.54, 1.807) is 36.4 Å². The molecular formula is C21H16F2N4O3. The van der Waals surface area contributed by atoms with Gasteiger partial charge in [0.15, 0.2) is 0 Å². The summed E-state index contributed by atoms with van der Waals surface area (Å²) in [7, 11) is 0. The predicted octanol–water partition coefficient (Wildman–Crippen LogP) is 2.98. The highest BCUT2D eigenvalue weighted by Gasteiger charge is 2.14. The summed E-state index contributed by atoms with van der Waals surface area (Å²) in [6.45, 7) is -0.427. The zero-order valence-electron chi connectivity index (χ0n) is 15.5. The molecule has 0 fully saturated rings. The number of pyridine rings is 1. The predicted molar refractivity (Wildman–Crippen MR) is 106 cm³/mol. The molecule has 3 rings (SSSR count). The molecule has 0 saturated heterocycles. The summed E-state index contributed by atoms with van der Waals surface area (Å²) in [5, 5.41) is 7.51. The molecule has 3 amide bonds. The zero-order valence-corrected chi connectivity index (χ0v) is 15.5. The third kappa shape index (κ3) is 5.44. The number of amides is 3. The Morgan fingerprint density at radius 1 is 0.833 bits per heavy atom. The van der Waals surface area contributed by atoms with E-state index in [2.05, 4.69) is 20.9 Å². The van der Waals surface area contributed by atoms with Gasteiger partial charge in [-0.25, -0.2) is 8.78 Å². The van der Waals surface area contributed by atoms with Gasteiger partial charge in [0.05, 0.1) is 12.1 Å². The van der Waals surface area contributed by atoms with Crippen LogP contribution in [0.15, 0.2) is 67.0 Å². The Kier molecular flexibility index (Phi) is 6.43. The summed E-state index contributed by atoms with van der Waals surface area (Å²) < 4.78 is 26.5. The fourth-order valence-electron chi connectivity index (χ4n) is 2.52. The van der Waals surface area contributed by atoms with Gasteiger partial charge >= 0.3 is 0 Å². The Hall–Kier alpha value is -4.14. The Morgan fingerprint density at radius 3 is 2.23 bits per heavy atom. The molecule has 1 aromatic heterocycles. The average molecular weight is 410 g/mol. The van der Waals surface area contributed by atoms with E-state index in [0.29, 0.717) is 23.0 Å². The van der Waals surface area contributed by atoms with Crippen molar-refractivity contribution in [2.75, 3.05) is 17.2 Å². The zero-order chi connectivity index (χ0) is 21.5. The summed E-state index contributed by atoms with van der Waals surface area (Å²) in [5.74, 6) is -3.58. The first-order valence-electron chi connectivity index (χ1n) is 8.77. The van der Waals surface area contributed by atoms with Crippen molar-refractivity contribution in [3.63, 3.8) is 0 Å². The number of nitrogens with one attached hydrogen (secondary N) is 3. The second-order valence-corrected chi connectivity index (χ2v) is 6.13. The van der Waals surface area contributed by atoms with E-state index in [9.17, 15) is 23.2 Å². The molecule has 0 saturated carbocycles. The number of halogens is 2. The monoisotopic (exact) mass is 410 g/mol. The highest BCUT2D eigenvalue weighted by Crippen LogP contribution is 2.16. The molecule has 1 heterocycles. The van der Waals surface area contributed by atoms with E-state index in [-0.39, 0.29) is 11.5 Å². The molecule has 3 N–H and O–H groups in total. The van der Waals surface area contributed by atoms with Crippen LogP contribution in [0.2, 0.25) is 0 Å². The van der Waals surface area contributed by atoms with Crippen molar-refractivity contribution >= 4 is 29.1 Å². The van der Waals surface area contributed by atoms with Crippen molar-refractivity contribution in [3.8, 4) is 0 Å². The number of hydrogen-bond acceptors (Lipinski definition) is 4. The summed E-state index contributed by atoms with van der Waals surface area (Å²) in [6, 6.07) is 12.1. The second kappa shape index (κ2) is 9.37. The number of aromatic nitrogens is 1. The molecule has 0 aliphatic carbocycles. The lowest BCUT2D eigenvalue weighted by Gasteiger charge is -2.10. The molecule has 2 aromatic carbocycles. The van der Waals surface area contributed by atoms with Crippen LogP contribution in [0.4, 0.5) is 20.2 Å². The second-order valence-electron chi connectivity index (χ2n) is 6.13. The van der Waals surface area contributed by atoms with Gasteiger partial charge in [-0.05, 0) is 42.5 Å². The van der Waals surface area contributed by atoms with Crippen molar-refractivity contribution in [2.24, 2.45) is 0 Å². The average Bonchev–Trinajstić information content (AvgIpc) is 2.73. The Balaban J connectivity index is 1.56. The molecule has 0 bridgehead atoms. The van der Waals surface area contributed by atoms with Crippen LogP contribution in [-0.2, 0) is 4.79 Å². The number of nitrogens with zero attached hydrogens (tertiary/aromatic N) is 1. The Bertz CT molecular complexity index is 1090. The first-order chi connectivity index (χ1) is 14.4. The van der Waals surface area contributed by atoms with Gasteiger partial charge in [0.25, 0.3) is 11.8 Å². The van der Waals surface area contributed by atoms with Gasteiger partial charge in [-0.3, -0.25) is 19.4 Å². The lowest BCUT2D eigenvalue weighted by molar-refractivity contribution is -0.115. The molecular weight excluding hydrogens is 394 g/mol. The van der Waals surface area contributed by atoms with Crippen LogP contribution >= 0.6 is 0 Å². The van der Waals surface area contributed by atoms with Crippen LogP contribution in [0.25, 0.3) is 0 Å². The lowest BCUT2D eigenvalue weighted by atomic mass is 10.2. The van der Waals surface area contributed by atoms with Gasteiger partial charge in [0.2, 0.25) is 5.91 Å². The molecule has 152 valence electrons. The number of rotatable bonds is 6. The van der Waals surface area contributed by atoms with Crippen molar-refractivity contribution in [1.29, 1.82) is 0 Å². The van der Waals surface area contributed by atoms with Gasteiger partial charge in [-0.15, -0.1) is 0 Å². The molecule has 0 atom stereocenters. The SMILES string of the molecule is O=C(CNC(=O)c1ccc(F)cc1F)Nc1cccc(NC(=O)c2ccncc2)c1. The maximum Gasteiger partial charge on any atom is 0.255 e. The summed E-state index contributed by atoms with van der Waals surface area (Å²) in [6.07, 6.45) is 3.00. The summed E-state index contributed by atoms with van der Waals surface area (Å²) >= 11 is 0. The van der Waals surface area contributed by atoms with Gasteiger partial charge in [0, 0.05) is 35.4 Å². The van der Waals surface area contributed by atoms with Crippen LogP contribution in [0.1, 0.15) is 20.7 Å². The topological polar surface area (TPSA) is 100 Å². The molecule has 0 unspecified atom stereocenters. The molecule has 0 spiro atoms. The van der Waals surface area contributed by atoms with Crippen LogP contribution in [0.3, 0.4) is 0 Å². The standard InChI is InChI=1S/C21H16F2N4O3/c22-14-4-5-17(18(23)10-14)21(30)25-12-19(28)26-15-2-1-3-16(11-15)27-20(29)13-6-8-24-9-7-13/h1-11H,12H2,(H,25,30)(H,26,28)(H,27,29). The summed E-state index contributed by atoms with van der Waals surface area (Å²) in [4.78, 5) is 40.0. The minimum Gasteiger partial charge on any atom is -0.343 e. The maximum absolute atomic E-state index is 13.6. The fraction of sp³-hybridized carbons (Fsp3) is 0.0476. The first kappa shape index (κ1) is 20.6. The maximum atomic E-state index is 13.6. The quantitative estimate of drug-likeness (QED) is 0.582. The Morgan fingerprint density at radius 2 is 1.53 bits per heavy atom. The van der Waals surface area contributed by atoms with Crippen LogP contribution in [-0.4, -0.2) is 29.3 Å². The molecule has 9 heteroatoms.